The molecule has 1 aliphatic rings. The summed E-state index contributed by atoms with van der Waals surface area (Å²) < 4.78 is 4.96. The van der Waals surface area contributed by atoms with Crippen LogP contribution in [-0.2, 0) is 19.1 Å². The quantitative estimate of drug-likeness (QED) is 0.367. The molecule has 1 N–H and O–H groups in total. The molecule has 0 aliphatic carbocycles. The summed E-state index contributed by atoms with van der Waals surface area (Å²) in [7, 11) is 0. The van der Waals surface area contributed by atoms with Crippen LogP contribution < -0.4 is 5.32 Å². The number of piperidine rings is 1. The first-order valence-electron chi connectivity index (χ1n) is 8.04. The molecule has 1 aromatic carbocycles. The normalized spacial score (nSPS) is 14.6. The maximum Gasteiger partial charge on any atom is 0.313 e. The van der Waals surface area contributed by atoms with Crippen molar-refractivity contribution >= 4 is 40.8 Å². The molecule has 0 aromatic heterocycles. The number of anilines is 1. The van der Waals surface area contributed by atoms with Gasteiger partial charge in [-0.25, -0.2) is 0 Å². The Morgan fingerprint density at radius 1 is 1.35 bits per heavy atom. The Bertz CT molecular complexity index is 731. The van der Waals surface area contributed by atoms with E-state index in [4.69, 9.17) is 16.3 Å². The minimum Gasteiger partial charge on any atom is -0.466 e. The SMILES string of the molecule is CCOC(=O)C1CCN(C(=O)C(=O)Nc2ccc(Cl)c([N+](=O)[O-])c2)CC1. The molecular formula is C16H18ClN3O6. The molecule has 0 saturated carbocycles. The van der Waals surface area contributed by atoms with Crippen molar-refractivity contribution in [2.75, 3.05) is 25.0 Å². The minimum absolute atomic E-state index is 0.0691. The third-order valence-electron chi connectivity index (χ3n) is 4.00. The lowest BCUT2D eigenvalue weighted by Gasteiger charge is -2.30. The number of likely N-dealkylation sites (tertiary alicyclic amines) is 1. The van der Waals surface area contributed by atoms with Gasteiger partial charge in [-0.05, 0) is 31.9 Å². The highest BCUT2D eigenvalue weighted by Gasteiger charge is 2.31. The summed E-state index contributed by atoms with van der Waals surface area (Å²) >= 11 is 5.71. The summed E-state index contributed by atoms with van der Waals surface area (Å²) in [5.74, 6) is -2.24. The van der Waals surface area contributed by atoms with Crippen molar-refractivity contribution in [3.8, 4) is 0 Å². The van der Waals surface area contributed by atoms with Crippen LogP contribution in [0.2, 0.25) is 5.02 Å². The largest absolute Gasteiger partial charge is 0.466 e. The van der Waals surface area contributed by atoms with Crippen LogP contribution in [0.5, 0.6) is 0 Å². The second-order valence-corrected chi connectivity index (χ2v) is 6.10. The Balaban J connectivity index is 1.94. The molecule has 0 spiro atoms. The van der Waals surface area contributed by atoms with Crippen LogP contribution >= 0.6 is 11.6 Å². The van der Waals surface area contributed by atoms with Gasteiger partial charge in [-0.3, -0.25) is 24.5 Å². The van der Waals surface area contributed by atoms with Crippen molar-refractivity contribution in [2.24, 2.45) is 5.92 Å². The molecule has 2 amide bonds. The summed E-state index contributed by atoms with van der Waals surface area (Å²) in [5.41, 5.74) is -0.270. The van der Waals surface area contributed by atoms with Gasteiger partial charge in [-0.1, -0.05) is 11.6 Å². The molecule has 1 saturated heterocycles. The standard InChI is InChI=1S/C16H18ClN3O6/c1-2-26-16(23)10-5-7-19(8-6-10)15(22)14(21)18-11-3-4-12(17)13(9-11)20(24)25/h3-4,9-10H,2,5-8H2,1H3,(H,18,21). The van der Waals surface area contributed by atoms with E-state index in [9.17, 15) is 24.5 Å². The first-order valence-corrected chi connectivity index (χ1v) is 8.42. The molecule has 0 atom stereocenters. The Hall–Kier alpha value is -2.68. The minimum atomic E-state index is -0.906. The molecule has 1 heterocycles. The number of benzene rings is 1. The number of halogens is 1. The predicted octanol–water partition coefficient (Wildman–Crippen LogP) is 1.99. The van der Waals surface area contributed by atoms with E-state index in [1.165, 1.54) is 17.0 Å². The van der Waals surface area contributed by atoms with Gasteiger partial charge in [0.1, 0.15) is 5.02 Å². The number of nitro groups is 1. The Morgan fingerprint density at radius 2 is 2.00 bits per heavy atom. The van der Waals surface area contributed by atoms with Gasteiger partial charge in [-0.15, -0.1) is 0 Å². The van der Waals surface area contributed by atoms with Crippen LogP contribution in [0.3, 0.4) is 0 Å². The molecule has 26 heavy (non-hydrogen) atoms. The summed E-state index contributed by atoms with van der Waals surface area (Å²) in [4.78, 5) is 47.6. The van der Waals surface area contributed by atoms with Gasteiger partial charge in [0.15, 0.2) is 0 Å². The zero-order valence-corrected chi connectivity index (χ0v) is 14.8. The van der Waals surface area contributed by atoms with Crippen molar-refractivity contribution < 1.29 is 24.0 Å². The molecule has 1 aromatic rings. The van der Waals surface area contributed by atoms with E-state index in [0.29, 0.717) is 19.4 Å². The molecule has 2 rings (SSSR count). The molecule has 1 fully saturated rings. The van der Waals surface area contributed by atoms with Crippen molar-refractivity contribution in [3.05, 3.63) is 33.3 Å². The van der Waals surface area contributed by atoms with Gasteiger partial charge in [0, 0.05) is 24.8 Å². The van der Waals surface area contributed by atoms with E-state index in [1.807, 2.05) is 0 Å². The van der Waals surface area contributed by atoms with Gasteiger partial charge in [0.2, 0.25) is 0 Å². The monoisotopic (exact) mass is 383 g/mol. The summed E-state index contributed by atoms with van der Waals surface area (Å²) in [6.45, 7) is 2.54. The summed E-state index contributed by atoms with van der Waals surface area (Å²) in [6, 6.07) is 3.72. The molecule has 9 nitrogen and oxygen atoms in total. The van der Waals surface area contributed by atoms with Crippen LogP contribution in [0.4, 0.5) is 11.4 Å². The average molecular weight is 384 g/mol. The predicted molar refractivity (Wildman–Crippen MR) is 92.7 cm³/mol. The van der Waals surface area contributed by atoms with Crippen LogP contribution in [0.15, 0.2) is 18.2 Å². The fourth-order valence-corrected chi connectivity index (χ4v) is 2.82. The van der Waals surface area contributed by atoms with Gasteiger partial charge >= 0.3 is 17.8 Å². The number of amides is 2. The number of rotatable bonds is 4. The lowest BCUT2D eigenvalue weighted by Crippen LogP contribution is -2.45. The van der Waals surface area contributed by atoms with E-state index in [-0.39, 0.29) is 41.4 Å². The van der Waals surface area contributed by atoms with E-state index in [1.54, 1.807) is 6.92 Å². The van der Waals surface area contributed by atoms with E-state index in [0.717, 1.165) is 6.07 Å². The number of hydrogen-bond acceptors (Lipinski definition) is 6. The maximum atomic E-state index is 12.2. The molecule has 0 unspecified atom stereocenters. The zero-order valence-electron chi connectivity index (χ0n) is 14.1. The average Bonchev–Trinajstić information content (AvgIpc) is 2.62. The number of carbonyl (C=O) groups excluding carboxylic acids is 3. The summed E-state index contributed by atoms with van der Waals surface area (Å²) in [6.07, 6.45) is 0.842. The molecule has 0 radical (unpaired) electrons. The zero-order chi connectivity index (χ0) is 19.3. The fourth-order valence-electron chi connectivity index (χ4n) is 2.64. The Morgan fingerprint density at radius 3 is 2.58 bits per heavy atom. The highest BCUT2D eigenvalue weighted by atomic mass is 35.5. The van der Waals surface area contributed by atoms with Gasteiger partial charge in [0.25, 0.3) is 5.69 Å². The molecule has 0 bridgehead atoms. The van der Waals surface area contributed by atoms with Gasteiger partial charge < -0.3 is 15.0 Å². The number of nitrogens with zero attached hydrogens (tertiary/aromatic N) is 2. The van der Waals surface area contributed by atoms with Gasteiger partial charge in [0.05, 0.1) is 17.4 Å². The lowest BCUT2D eigenvalue weighted by molar-refractivity contribution is -0.384. The molecule has 1 aliphatic heterocycles. The van der Waals surface area contributed by atoms with Crippen LogP contribution in [-0.4, -0.2) is 47.3 Å². The molecule has 10 heteroatoms. The second-order valence-electron chi connectivity index (χ2n) is 5.70. The number of carbonyl (C=O) groups is 3. The van der Waals surface area contributed by atoms with E-state index in [2.05, 4.69) is 5.32 Å². The van der Waals surface area contributed by atoms with Crippen LogP contribution in [0.1, 0.15) is 19.8 Å². The molecule has 140 valence electrons. The van der Waals surface area contributed by atoms with Crippen LogP contribution in [0.25, 0.3) is 0 Å². The first-order chi connectivity index (χ1) is 12.3. The number of esters is 1. The highest BCUT2D eigenvalue weighted by Crippen LogP contribution is 2.27. The first kappa shape index (κ1) is 19.6. The second kappa shape index (κ2) is 8.61. The maximum absolute atomic E-state index is 12.2. The third kappa shape index (κ3) is 4.69. The van der Waals surface area contributed by atoms with Gasteiger partial charge in [-0.2, -0.15) is 0 Å². The lowest BCUT2D eigenvalue weighted by atomic mass is 9.97. The van der Waals surface area contributed by atoms with Crippen molar-refractivity contribution in [3.63, 3.8) is 0 Å². The third-order valence-corrected chi connectivity index (χ3v) is 4.32. The van der Waals surface area contributed by atoms with E-state index < -0.39 is 16.7 Å². The number of nitrogens with one attached hydrogen (secondary N) is 1. The summed E-state index contributed by atoms with van der Waals surface area (Å²) in [5, 5.41) is 13.1. The van der Waals surface area contributed by atoms with Crippen molar-refractivity contribution in [1.82, 2.24) is 4.90 Å². The topological polar surface area (TPSA) is 119 Å². The highest BCUT2D eigenvalue weighted by molar-refractivity contribution is 6.39. The van der Waals surface area contributed by atoms with Crippen molar-refractivity contribution in [2.45, 2.75) is 19.8 Å². The Labute approximate surface area is 154 Å². The number of ether oxygens (including phenoxy) is 1. The molecular weight excluding hydrogens is 366 g/mol. The number of hydrogen-bond donors (Lipinski definition) is 1. The van der Waals surface area contributed by atoms with Crippen molar-refractivity contribution in [1.29, 1.82) is 0 Å². The van der Waals surface area contributed by atoms with E-state index >= 15 is 0 Å². The van der Waals surface area contributed by atoms with Crippen LogP contribution in [0, 0.1) is 16.0 Å². The Kier molecular flexibility index (Phi) is 6.51. The smallest absolute Gasteiger partial charge is 0.313 e. The fraction of sp³-hybridized carbons (Fsp3) is 0.438. The number of nitro benzene ring substituents is 1.